The molecule has 130 valence electrons. The molecule has 0 spiro atoms. The number of ether oxygens (including phenoxy) is 1. The van der Waals surface area contributed by atoms with Crippen molar-refractivity contribution in [3.8, 4) is 0 Å². The van der Waals surface area contributed by atoms with Crippen LogP contribution in [0, 0.1) is 0 Å². The number of hydrogen-bond donors (Lipinski definition) is 0. The van der Waals surface area contributed by atoms with Crippen LogP contribution >= 0.6 is 34.7 Å². The topological polar surface area (TPSA) is 49.9 Å². The van der Waals surface area contributed by atoms with Crippen LogP contribution in [0.15, 0.2) is 16.3 Å². The van der Waals surface area contributed by atoms with Crippen molar-refractivity contribution in [2.45, 2.75) is 16.7 Å². The first-order chi connectivity index (χ1) is 11.1. The van der Waals surface area contributed by atoms with Crippen LogP contribution in [0.4, 0.5) is 0 Å². The smallest absolute Gasteiger partial charge is 0.252 e. The number of nitrogens with zero attached hydrogens (tertiary/aromatic N) is 2. The molecule has 2 fully saturated rings. The van der Waals surface area contributed by atoms with Gasteiger partial charge in [0.15, 0.2) is 0 Å². The van der Waals surface area contributed by atoms with Crippen molar-refractivity contribution in [2.24, 2.45) is 0 Å². The standard InChI is InChI=1S/C14H21ClN2O3S3/c15-13-2-3-14(22-13)23(18,19)17-4-1-9-21-11-12(17)10-16-5-7-20-8-6-16/h2-3,12H,1,4-11H2/t12-/m0/s1. The van der Waals surface area contributed by atoms with Gasteiger partial charge in [-0.05, 0) is 24.3 Å². The molecule has 9 heteroatoms. The van der Waals surface area contributed by atoms with Gasteiger partial charge in [0.25, 0.3) is 10.0 Å². The molecule has 1 aromatic rings. The second kappa shape index (κ2) is 8.03. The molecule has 2 aliphatic heterocycles. The van der Waals surface area contributed by atoms with Crippen molar-refractivity contribution >= 4 is 44.7 Å². The summed E-state index contributed by atoms with van der Waals surface area (Å²) in [6.07, 6.45) is 0.891. The van der Waals surface area contributed by atoms with Gasteiger partial charge in [0.1, 0.15) is 4.21 Å². The molecule has 3 rings (SSSR count). The lowest BCUT2D eigenvalue weighted by Gasteiger charge is -2.34. The van der Waals surface area contributed by atoms with E-state index in [2.05, 4.69) is 4.90 Å². The van der Waals surface area contributed by atoms with E-state index in [1.165, 1.54) is 0 Å². The molecule has 23 heavy (non-hydrogen) atoms. The summed E-state index contributed by atoms with van der Waals surface area (Å²) in [5, 5.41) is 0. The second-order valence-corrected chi connectivity index (χ2v) is 10.7. The molecule has 0 bridgehead atoms. The number of morpholine rings is 1. The van der Waals surface area contributed by atoms with Crippen molar-refractivity contribution in [2.75, 3.05) is 50.9 Å². The molecule has 0 aliphatic carbocycles. The van der Waals surface area contributed by atoms with Crippen LogP contribution < -0.4 is 0 Å². The molecule has 5 nitrogen and oxygen atoms in total. The summed E-state index contributed by atoms with van der Waals surface area (Å²) >= 11 is 8.92. The Balaban J connectivity index is 1.80. The summed E-state index contributed by atoms with van der Waals surface area (Å²) in [7, 11) is -3.47. The molecule has 2 aliphatic rings. The van der Waals surface area contributed by atoms with Gasteiger partial charge in [-0.25, -0.2) is 8.42 Å². The van der Waals surface area contributed by atoms with E-state index < -0.39 is 10.0 Å². The lowest BCUT2D eigenvalue weighted by atomic mass is 10.2. The Morgan fingerprint density at radius 2 is 2.04 bits per heavy atom. The Kier molecular flexibility index (Phi) is 6.28. The predicted molar refractivity (Wildman–Crippen MR) is 96.2 cm³/mol. The van der Waals surface area contributed by atoms with Crippen LogP contribution in [0.3, 0.4) is 0 Å². The second-order valence-electron chi connectivity index (χ2n) is 5.67. The third kappa shape index (κ3) is 4.42. The third-order valence-electron chi connectivity index (χ3n) is 4.07. The number of halogens is 1. The molecule has 0 unspecified atom stereocenters. The molecule has 3 heterocycles. The molecule has 0 N–H and O–H groups in total. The van der Waals surface area contributed by atoms with Crippen LogP contribution in [0.25, 0.3) is 0 Å². The minimum Gasteiger partial charge on any atom is -0.379 e. The molecule has 1 atom stereocenters. The summed E-state index contributed by atoms with van der Waals surface area (Å²) in [6, 6.07) is 3.28. The average Bonchev–Trinajstić information content (AvgIpc) is 2.85. The summed E-state index contributed by atoms with van der Waals surface area (Å²) < 4.78 is 34.0. The number of thiophene rings is 1. The van der Waals surface area contributed by atoms with Crippen LogP contribution in [-0.2, 0) is 14.8 Å². The molecule has 0 saturated carbocycles. The Bertz CT molecular complexity index is 617. The first-order valence-electron chi connectivity index (χ1n) is 7.72. The van der Waals surface area contributed by atoms with Gasteiger partial charge in [0.2, 0.25) is 0 Å². The molecular formula is C14H21ClN2O3S3. The number of sulfonamides is 1. The minimum absolute atomic E-state index is 0.00600. The van der Waals surface area contributed by atoms with Gasteiger partial charge in [-0.1, -0.05) is 11.6 Å². The quantitative estimate of drug-likeness (QED) is 0.781. The lowest BCUT2D eigenvalue weighted by molar-refractivity contribution is 0.0309. The highest BCUT2D eigenvalue weighted by Crippen LogP contribution is 2.31. The van der Waals surface area contributed by atoms with Gasteiger partial charge in [-0.15, -0.1) is 11.3 Å². The normalized spacial score (nSPS) is 25.3. The van der Waals surface area contributed by atoms with E-state index in [-0.39, 0.29) is 6.04 Å². The van der Waals surface area contributed by atoms with E-state index in [0.717, 1.165) is 62.1 Å². The zero-order valence-electron chi connectivity index (χ0n) is 12.8. The van der Waals surface area contributed by atoms with Crippen LogP contribution in [0.5, 0.6) is 0 Å². The van der Waals surface area contributed by atoms with E-state index in [0.29, 0.717) is 15.1 Å². The van der Waals surface area contributed by atoms with Gasteiger partial charge < -0.3 is 4.74 Å². The summed E-state index contributed by atoms with van der Waals surface area (Å²) in [4.78, 5) is 2.31. The Labute approximate surface area is 151 Å². The van der Waals surface area contributed by atoms with Gasteiger partial charge in [0, 0.05) is 38.0 Å². The summed E-state index contributed by atoms with van der Waals surface area (Å²) in [6.45, 7) is 4.56. The monoisotopic (exact) mass is 396 g/mol. The van der Waals surface area contributed by atoms with E-state index in [1.807, 2.05) is 11.8 Å². The average molecular weight is 397 g/mol. The van der Waals surface area contributed by atoms with E-state index in [4.69, 9.17) is 16.3 Å². The highest BCUT2D eigenvalue weighted by molar-refractivity contribution is 7.99. The molecule has 0 radical (unpaired) electrons. The lowest BCUT2D eigenvalue weighted by Crippen LogP contribution is -2.50. The molecule has 0 amide bonds. The molecule has 2 saturated heterocycles. The van der Waals surface area contributed by atoms with Gasteiger partial charge in [-0.2, -0.15) is 16.1 Å². The SMILES string of the molecule is O=S(=O)(c1ccc(Cl)s1)N1CCCSC[C@@H]1CN1CCOCC1. The minimum atomic E-state index is -3.47. The Morgan fingerprint density at radius 1 is 1.26 bits per heavy atom. The van der Waals surface area contributed by atoms with Crippen molar-refractivity contribution in [1.29, 1.82) is 0 Å². The van der Waals surface area contributed by atoms with Crippen LogP contribution in [0.1, 0.15) is 6.42 Å². The fraction of sp³-hybridized carbons (Fsp3) is 0.714. The van der Waals surface area contributed by atoms with E-state index in [9.17, 15) is 8.42 Å². The van der Waals surface area contributed by atoms with E-state index in [1.54, 1.807) is 16.4 Å². The molecular weight excluding hydrogens is 376 g/mol. The third-order valence-corrected chi connectivity index (χ3v) is 8.92. The number of hydrogen-bond acceptors (Lipinski definition) is 6. The Hall–Kier alpha value is 0.170. The van der Waals surface area contributed by atoms with Gasteiger partial charge >= 0.3 is 0 Å². The first-order valence-corrected chi connectivity index (χ1v) is 11.5. The summed E-state index contributed by atoms with van der Waals surface area (Å²) in [5.74, 6) is 1.85. The molecule has 0 aromatic carbocycles. The van der Waals surface area contributed by atoms with Crippen molar-refractivity contribution in [3.05, 3.63) is 16.5 Å². The summed E-state index contributed by atoms with van der Waals surface area (Å²) in [5.41, 5.74) is 0. The predicted octanol–water partition coefficient (Wildman–Crippen LogP) is 2.23. The van der Waals surface area contributed by atoms with Crippen LogP contribution in [-0.4, -0.2) is 74.6 Å². The van der Waals surface area contributed by atoms with Crippen molar-refractivity contribution in [1.82, 2.24) is 9.21 Å². The molecule has 1 aromatic heterocycles. The fourth-order valence-corrected chi connectivity index (χ4v) is 7.32. The highest BCUT2D eigenvalue weighted by Gasteiger charge is 2.34. The fourth-order valence-electron chi connectivity index (χ4n) is 2.90. The highest BCUT2D eigenvalue weighted by atomic mass is 35.5. The van der Waals surface area contributed by atoms with Gasteiger partial charge in [-0.3, -0.25) is 4.90 Å². The first kappa shape index (κ1) is 18.0. The van der Waals surface area contributed by atoms with Gasteiger partial charge in [0.05, 0.1) is 17.6 Å². The maximum absolute atomic E-state index is 13.0. The van der Waals surface area contributed by atoms with Crippen molar-refractivity contribution in [3.63, 3.8) is 0 Å². The number of rotatable bonds is 4. The van der Waals surface area contributed by atoms with Crippen LogP contribution in [0.2, 0.25) is 4.34 Å². The Morgan fingerprint density at radius 3 is 2.74 bits per heavy atom. The maximum atomic E-state index is 13.0. The largest absolute Gasteiger partial charge is 0.379 e. The zero-order valence-corrected chi connectivity index (χ0v) is 16.0. The number of thioether (sulfide) groups is 1. The van der Waals surface area contributed by atoms with E-state index >= 15 is 0 Å². The van der Waals surface area contributed by atoms with Crippen molar-refractivity contribution < 1.29 is 13.2 Å². The zero-order chi connectivity index (χ0) is 16.3. The maximum Gasteiger partial charge on any atom is 0.252 e.